The van der Waals surface area contributed by atoms with Crippen molar-refractivity contribution in [3.8, 4) is 0 Å². The van der Waals surface area contributed by atoms with E-state index >= 15 is 0 Å². The minimum Gasteiger partial charge on any atom is -0.392 e. The molecule has 2 heteroatoms. The zero-order valence-corrected chi connectivity index (χ0v) is 10.4. The molecule has 0 aromatic rings. The molecule has 1 saturated carbocycles. The number of thioether (sulfide) groups is 1. The van der Waals surface area contributed by atoms with Gasteiger partial charge in [-0.15, -0.1) is 0 Å². The highest BCUT2D eigenvalue weighted by molar-refractivity contribution is 7.99. The fraction of sp³-hybridized carbons (Fsp3) is 0.846. The van der Waals surface area contributed by atoms with Crippen molar-refractivity contribution in [3.05, 3.63) is 12.2 Å². The van der Waals surface area contributed by atoms with Crippen LogP contribution in [0.4, 0.5) is 0 Å². The Morgan fingerprint density at radius 3 is 2.87 bits per heavy atom. The van der Waals surface area contributed by atoms with Crippen LogP contribution >= 0.6 is 11.8 Å². The molecule has 0 aromatic carbocycles. The fourth-order valence-corrected chi connectivity index (χ4v) is 4.15. The molecule has 0 aliphatic heterocycles. The Hall–Kier alpha value is 0.0500. The van der Waals surface area contributed by atoms with Crippen LogP contribution in [0.3, 0.4) is 0 Å². The van der Waals surface area contributed by atoms with Gasteiger partial charge in [0.05, 0.1) is 6.10 Å². The van der Waals surface area contributed by atoms with E-state index in [1.54, 1.807) is 0 Å². The predicted molar refractivity (Wildman–Crippen MR) is 67.1 cm³/mol. The van der Waals surface area contributed by atoms with E-state index in [9.17, 15) is 5.11 Å². The maximum atomic E-state index is 9.77. The Balaban J connectivity index is 1.64. The van der Waals surface area contributed by atoms with Gasteiger partial charge in [-0.2, -0.15) is 11.8 Å². The molecule has 2 aliphatic carbocycles. The lowest BCUT2D eigenvalue weighted by Crippen LogP contribution is -2.16. The number of rotatable bonds is 6. The Bertz CT molecular complexity index is 227. The van der Waals surface area contributed by atoms with Crippen LogP contribution in [0.2, 0.25) is 0 Å². The standard InChI is InChI=1S/C13H22OS/c1-2-3-4-12(14)9-15-13-8-10-5-6-11(13)7-10/h5-6,10-14H,2-4,7-9H2,1H3. The van der Waals surface area contributed by atoms with Crippen LogP contribution in [0.25, 0.3) is 0 Å². The molecule has 0 radical (unpaired) electrons. The number of allylic oxidation sites excluding steroid dienone is 2. The van der Waals surface area contributed by atoms with Gasteiger partial charge in [-0.05, 0) is 31.1 Å². The average Bonchev–Trinajstić information content (AvgIpc) is 2.84. The van der Waals surface area contributed by atoms with E-state index in [1.165, 1.54) is 25.7 Å². The van der Waals surface area contributed by atoms with Gasteiger partial charge in [0.1, 0.15) is 0 Å². The summed E-state index contributed by atoms with van der Waals surface area (Å²) in [5.74, 6) is 2.63. The van der Waals surface area contributed by atoms with Crippen molar-refractivity contribution in [1.82, 2.24) is 0 Å². The summed E-state index contributed by atoms with van der Waals surface area (Å²) in [6.45, 7) is 2.18. The number of hydrogen-bond donors (Lipinski definition) is 1. The highest BCUT2D eigenvalue weighted by Crippen LogP contribution is 2.45. The molecule has 0 amide bonds. The third-order valence-electron chi connectivity index (χ3n) is 3.61. The maximum Gasteiger partial charge on any atom is 0.0630 e. The van der Waals surface area contributed by atoms with Crippen LogP contribution in [0.1, 0.15) is 39.0 Å². The number of aliphatic hydroxyl groups is 1. The van der Waals surface area contributed by atoms with Gasteiger partial charge < -0.3 is 5.11 Å². The van der Waals surface area contributed by atoms with E-state index in [-0.39, 0.29) is 6.10 Å². The highest BCUT2D eigenvalue weighted by atomic mass is 32.2. The lowest BCUT2D eigenvalue weighted by Gasteiger charge is -2.19. The minimum atomic E-state index is -0.0712. The van der Waals surface area contributed by atoms with Gasteiger partial charge in [-0.1, -0.05) is 31.9 Å². The van der Waals surface area contributed by atoms with Crippen LogP contribution in [0, 0.1) is 11.8 Å². The number of fused-ring (bicyclic) bond motifs is 2. The monoisotopic (exact) mass is 226 g/mol. The van der Waals surface area contributed by atoms with Gasteiger partial charge in [0, 0.05) is 11.0 Å². The molecule has 1 nitrogen and oxygen atoms in total. The number of unbranched alkanes of at least 4 members (excludes halogenated alkanes) is 1. The fourth-order valence-electron chi connectivity index (χ4n) is 2.68. The second-order valence-corrected chi connectivity index (χ2v) is 6.22. The van der Waals surface area contributed by atoms with Gasteiger partial charge >= 0.3 is 0 Å². The molecule has 1 N–H and O–H groups in total. The molecule has 1 fully saturated rings. The van der Waals surface area contributed by atoms with Crippen LogP contribution in [-0.2, 0) is 0 Å². The Morgan fingerprint density at radius 1 is 1.40 bits per heavy atom. The molecule has 86 valence electrons. The molecular weight excluding hydrogens is 204 g/mol. The van der Waals surface area contributed by atoms with E-state index in [2.05, 4.69) is 19.1 Å². The summed E-state index contributed by atoms with van der Waals surface area (Å²) in [4.78, 5) is 0. The second kappa shape index (κ2) is 5.40. The predicted octanol–water partition coefficient (Wildman–Crippen LogP) is 3.24. The molecule has 2 aliphatic rings. The largest absolute Gasteiger partial charge is 0.392 e. The summed E-state index contributed by atoms with van der Waals surface area (Å²) in [6, 6.07) is 0. The molecule has 4 unspecified atom stereocenters. The quantitative estimate of drug-likeness (QED) is 0.702. The lowest BCUT2D eigenvalue weighted by atomic mass is 10.1. The van der Waals surface area contributed by atoms with Crippen molar-refractivity contribution >= 4 is 11.8 Å². The summed E-state index contributed by atoms with van der Waals surface area (Å²) in [5, 5.41) is 10.6. The van der Waals surface area contributed by atoms with Crippen molar-refractivity contribution in [2.24, 2.45) is 11.8 Å². The topological polar surface area (TPSA) is 20.2 Å². The van der Waals surface area contributed by atoms with Gasteiger partial charge in [-0.3, -0.25) is 0 Å². The molecule has 2 bridgehead atoms. The summed E-state index contributed by atoms with van der Waals surface area (Å²) in [5.41, 5.74) is 0. The van der Waals surface area contributed by atoms with Crippen molar-refractivity contribution in [2.75, 3.05) is 5.75 Å². The summed E-state index contributed by atoms with van der Waals surface area (Å²) < 4.78 is 0. The van der Waals surface area contributed by atoms with Gasteiger partial charge in [0.25, 0.3) is 0 Å². The van der Waals surface area contributed by atoms with Crippen LogP contribution in [0.15, 0.2) is 12.2 Å². The van der Waals surface area contributed by atoms with E-state index in [0.29, 0.717) is 0 Å². The van der Waals surface area contributed by atoms with Crippen LogP contribution in [-0.4, -0.2) is 22.2 Å². The van der Waals surface area contributed by atoms with Gasteiger partial charge in [0.2, 0.25) is 0 Å². The Kier molecular flexibility index (Phi) is 4.15. The molecule has 4 atom stereocenters. The third kappa shape index (κ3) is 3.01. The molecular formula is C13H22OS. The van der Waals surface area contributed by atoms with Crippen LogP contribution < -0.4 is 0 Å². The second-order valence-electron chi connectivity index (χ2n) is 4.95. The minimum absolute atomic E-state index is 0.0712. The average molecular weight is 226 g/mol. The first-order chi connectivity index (χ1) is 7.29. The zero-order valence-electron chi connectivity index (χ0n) is 9.56. The normalized spacial score (nSPS) is 34.9. The summed E-state index contributed by atoms with van der Waals surface area (Å²) in [7, 11) is 0. The van der Waals surface area contributed by atoms with E-state index in [1.807, 2.05) is 11.8 Å². The molecule has 2 rings (SSSR count). The number of aliphatic hydroxyl groups excluding tert-OH is 1. The van der Waals surface area contributed by atoms with Crippen molar-refractivity contribution in [3.63, 3.8) is 0 Å². The van der Waals surface area contributed by atoms with E-state index in [0.717, 1.165) is 29.3 Å². The Labute approximate surface area is 97.3 Å². The molecule has 0 saturated heterocycles. The van der Waals surface area contributed by atoms with Crippen molar-refractivity contribution in [1.29, 1.82) is 0 Å². The van der Waals surface area contributed by atoms with E-state index < -0.39 is 0 Å². The van der Waals surface area contributed by atoms with Gasteiger partial charge in [-0.25, -0.2) is 0 Å². The highest BCUT2D eigenvalue weighted by Gasteiger charge is 2.35. The van der Waals surface area contributed by atoms with Gasteiger partial charge in [0.15, 0.2) is 0 Å². The van der Waals surface area contributed by atoms with Crippen molar-refractivity contribution < 1.29 is 5.11 Å². The first kappa shape index (κ1) is 11.5. The van der Waals surface area contributed by atoms with Crippen LogP contribution in [0.5, 0.6) is 0 Å². The molecule has 15 heavy (non-hydrogen) atoms. The molecule has 0 aromatic heterocycles. The lowest BCUT2D eigenvalue weighted by molar-refractivity contribution is 0.185. The van der Waals surface area contributed by atoms with Crippen molar-refractivity contribution in [2.45, 2.75) is 50.4 Å². The SMILES string of the molecule is CCCCC(O)CSC1CC2C=CC1C2. The van der Waals surface area contributed by atoms with E-state index in [4.69, 9.17) is 0 Å². The maximum absolute atomic E-state index is 9.77. The third-order valence-corrected chi connectivity index (χ3v) is 5.16. The number of hydrogen-bond acceptors (Lipinski definition) is 2. The smallest absolute Gasteiger partial charge is 0.0630 e. The molecule has 0 spiro atoms. The molecule has 0 heterocycles. The summed E-state index contributed by atoms with van der Waals surface area (Å²) in [6.07, 6.45) is 10.8. The zero-order chi connectivity index (χ0) is 10.7. The first-order valence-corrected chi connectivity index (χ1v) is 7.32. The first-order valence-electron chi connectivity index (χ1n) is 6.27. The Morgan fingerprint density at radius 2 is 2.27 bits per heavy atom. The summed E-state index contributed by atoms with van der Waals surface area (Å²) >= 11 is 2.00.